The number of benzene rings is 2. The number of anilines is 2. The standard InChI is InChI=1S/C23H27N3O3/c1-22(2,12-24)20-10-14-9-16(4-5-17(14)26-20)25-21(27)23(7-8-23)15-3-6-18-19(11-15)29-13-28-18/h3-6,9,11,20,26H,7-8,10,12-13,24H2,1-2H3,(H,25,27). The van der Waals surface area contributed by atoms with Gasteiger partial charge in [-0.3, -0.25) is 4.79 Å². The highest BCUT2D eigenvalue weighted by molar-refractivity contribution is 6.01. The van der Waals surface area contributed by atoms with Crippen LogP contribution in [0.2, 0.25) is 0 Å². The zero-order valence-electron chi connectivity index (χ0n) is 16.9. The molecule has 6 heteroatoms. The first-order valence-corrected chi connectivity index (χ1v) is 10.2. The number of ether oxygens (including phenoxy) is 2. The smallest absolute Gasteiger partial charge is 0.235 e. The van der Waals surface area contributed by atoms with Crippen LogP contribution in [0.5, 0.6) is 11.5 Å². The Balaban J connectivity index is 1.33. The molecule has 1 aliphatic carbocycles. The molecule has 0 aromatic heterocycles. The zero-order valence-corrected chi connectivity index (χ0v) is 16.9. The number of fused-ring (bicyclic) bond motifs is 2. The van der Waals surface area contributed by atoms with Crippen molar-refractivity contribution in [1.29, 1.82) is 0 Å². The van der Waals surface area contributed by atoms with Gasteiger partial charge in [-0.25, -0.2) is 0 Å². The van der Waals surface area contributed by atoms with Crippen molar-refractivity contribution in [2.75, 3.05) is 24.0 Å². The second-order valence-corrected chi connectivity index (χ2v) is 9.07. The highest BCUT2D eigenvalue weighted by Crippen LogP contribution is 2.51. The van der Waals surface area contributed by atoms with Crippen LogP contribution in [0.3, 0.4) is 0 Å². The molecule has 29 heavy (non-hydrogen) atoms. The fourth-order valence-electron chi connectivity index (χ4n) is 4.27. The molecule has 0 saturated heterocycles. The minimum Gasteiger partial charge on any atom is -0.454 e. The van der Waals surface area contributed by atoms with Gasteiger partial charge in [0, 0.05) is 17.4 Å². The molecule has 152 valence electrons. The first kappa shape index (κ1) is 18.3. The summed E-state index contributed by atoms with van der Waals surface area (Å²) in [6.07, 6.45) is 2.60. The van der Waals surface area contributed by atoms with Crippen LogP contribution in [0.4, 0.5) is 11.4 Å². The van der Waals surface area contributed by atoms with Gasteiger partial charge in [-0.2, -0.15) is 0 Å². The van der Waals surface area contributed by atoms with Crippen LogP contribution in [0.1, 0.15) is 37.8 Å². The van der Waals surface area contributed by atoms with Crippen LogP contribution in [-0.4, -0.2) is 25.3 Å². The maximum Gasteiger partial charge on any atom is 0.235 e. The lowest BCUT2D eigenvalue weighted by atomic mass is 9.83. The molecule has 0 bridgehead atoms. The summed E-state index contributed by atoms with van der Waals surface area (Å²) in [6.45, 7) is 5.23. The quantitative estimate of drug-likeness (QED) is 0.725. The summed E-state index contributed by atoms with van der Waals surface area (Å²) in [5.74, 6) is 1.51. The second-order valence-electron chi connectivity index (χ2n) is 9.07. The molecule has 0 radical (unpaired) electrons. The van der Waals surface area contributed by atoms with E-state index in [4.69, 9.17) is 15.2 Å². The van der Waals surface area contributed by atoms with E-state index in [0.717, 1.165) is 47.7 Å². The summed E-state index contributed by atoms with van der Waals surface area (Å²) in [6, 6.07) is 12.2. The second kappa shape index (κ2) is 6.39. The van der Waals surface area contributed by atoms with E-state index in [2.05, 4.69) is 36.6 Å². The molecule has 1 unspecified atom stereocenters. The number of carbonyl (C=O) groups excluding carboxylic acids is 1. The molecule has 6 nitrogen and oxygen atoms in total. The lowest BCUT2D eigenvalue weighted by Gasteiger charge is -2.30. The summed E-state index contributed by atoms with van der Waals surface area (Å²) in [4.78, 5) is 13.2. The fourth-order valence-corrected chi connectivity index (χ4v) is 4.27. The number of rotatable bonds is 5. The van der Waals surface area contributed by atoms with Crippen molar-refractivity contribution in [1.82, 2.24) is 0 Å². The monoisotopic (exact) mass is 393 g/mol. The molecule has 2 aromatic rings. The number of hydrogen-bond acceptors (Lipinski definition) is 5. The number of nitrogens with one attached hydrogen (secondary N) is 2. The predicted molar refractivity (Wildman–Crippen MR) is 112 cm³/mol. The molecule has 5 rings (SSSR count). The number of amides is 1. The van der Waals surface area contributed by atoms with Gasteiger partial charge in [0.1, 0.15) is 0 Å². The van der Waals surface area contributed by atoms with Crippen LogP contribution in [-0.2, 0) is 16.6 Å². The normalized spacial score (nSPS) is 20.7. The van der Waals surface area contributed by atoms with Gasteiger partial charge in [-0.05, 0) is 72.7 Å². The van der Waals surface area contributed by atoms with Crippen LogP contribution in [0, 0.1) is 5.41 Å². The first-order valence-electron chi connectivity index (χ1n) is 10.2. The van der Waals surface area contributed by atoms with Crippen LogP contribution in [0.25, 0.3) is 0 Å². The molecule has 2 aliphatic heterocycles. The number of nitrogens with two attached hydrogens (primary N) is 1. The molecule has 4 N–H and O–H groups in total. The van der Waals surface area contributed by atoms with Crippen molar-refractivity contribution in [3.05, 3.63) is 47.5 Å². The summed E-state index contributed by atoms with van der Waals surface area (Å²) >= 11 is 0. The lowest BCUT2D eigenvalue weighted by Crippen LogP contribution is -2.40. The molecule has 0 spiro atoms. The van der Waals surface area contributed by atoms with Crippen LogP contribution >= 0.6 is 0 Å². The van der Waals surface area contributed by atoms with Gasteiger partial charge in [-0.15, -0.1) is 0 Å². The maximum atomic E-state index is 13.2. The lowest BCUT2D eigenvalue weighted by molar-refractivity contribution is -0.118. The predicted octanol–water partition coefficient (Wildman–Crippen LogP) is 3.41. The third-order valence-electron chi connectivity index (χ3n) is 6.70. The van der Waals surface area contributed by atoms with E-state index in [0.29, 0.717) is 12.6 Å². The van der Waals surface area contributed by atoms with Crippen molar-refractivity contribution in [3.8, 4) is 11.5 Å². The van der Waals surface area contributed by atoms with E-state index in [-0.39, 0.29) is 18.1 Å². The third kappa shape index (κ3) is 3.02. The minimum absolute atomic E-state index is 0.0137. The van der Waals surface area contributed by atoms with Gasteiger partial charge < -0.3 is 25.8 Å². The zero-order chi connectivity index (χ0) is 20.2. The van der Waals surface area contributed by atoms with E-state index in [1.165, 1.54) is 5.56 Å². The summed E-state index contributed by atoms with van der Waals surface area (Å²) in [5.41, 5.74) is 9.68. The molecule has 3 aliphatic rings. The topological polar surface area (TPSA) is 85.6 Å². The summed E-state index contributed by atoms with van der Waals surface area (Å²) in [5, 5.41) is 6.72. The Morgan fingerprint density at radius 2 is 2.00 bits per heavy atom. The Kier molecular flexibility index (Phi) is 4.03. The molecule has 1 saturated carbocycles. The highest BCUT2D eigenvalue weighted by Gasteiger charge is 2.51. The van der Waals surface area contributed by atoms with Gasteiger partial charge >= 0.3 is 0 Å². The van der Waals surface area contributed by atoms with Crippen molar-refractivity contribution < 1.29 is 14.3 Å². The molecule has 2 aromatic carbocycles. The first-order chi connectivity index (χ1) is 13.9. The molecular formula is C23H27N3O3. The molecule has 2 heterocycles. The SMILES string of the molecule is CC(C)(CN)C1Cc2cc(NC(=O)C3(c4ccc5c(c4)OCO5)CC3)ccc2N1. The van der Waals surface area contributed by atoms with Crippen molar-refractivity contribution in [2.24, 2.45) is 11.1 Å². The Hall–Kier alpha value is -2.73. The Morgan fingerprint density at radius 1 is 1.21 bits per heavy atom. The van der Waals surface area contributed by atoms with Crippen LogP contribution in [0.15, 0.2) is 36.4 Å². The molecular weight excluding hydrogens is 366 g/mol. The maximum absolute atomic E-state index is 13.2. The average molecular weight is 393 g/mol. The number of carbonyl (C=O) groups is 1. The Bertz CT molecular complexity index is 981. The summed E-state index contributed by atoms with van der Waals surface area (Å²) < 4.78 is 10.9. The molecule has 1 amide bonds. The van der Waals surface area contributed by atoms with Gasteiger partial charge in [-0.1, -0.05) is 19.9 Å². The molecule has 1 atom stereocenters. The number of hydrogen-bond donors (Lipinski definition) is 3. The van der Waals surface area contributed by atoms with Crippen molar-refractivity contribution in [3.63, 3.8) is 0 Å². The van der Waals surface area contributed by atoms with Crippen LogP contribution < -0.4 is 25.8 Å². The summed E-state index contributed by atoms with van der Waals surface area (Å²) in [7, 11) is 0. The average Bonchev–Trinajstić information content (AvgIpc) is 3.20. The highest BCUT2D eigenvalue weighted by atomic mass is 16.7. The van der Waals surface area contributed by atoms with Gasteiger partial charge in [0.25, 0.3) is 0 Å². The Morgan fingerprint density at radius 3 is 2.76 bits per heavy atom. The van der Waals surface area contributed by atoms with Gasteiger partial charge in [0.05, 0.1) is 5.41 Å². The van der Waals surface area contributed by atoms with E-state index < -0.39 is 5.41 Å². The van der Waals surface area contributed by atoms with E-state index in [9.17, 15) is 4.79 Å². The third-order valence-corrected chi connectivity index (χ3v) is 6.70. The molecule has 1 fully saturated rings. The van der Waals surface area contributed by atoms with Crippen molar-refractivity contribution >= 4 is 17.3 Å². The Labute approximate surface area is 170 Å². The van der Waals surface area contributed by atoms with Gasteiger partial charge in [0.2, 0.25) is 12.7 Å². The largest absolute Gasteiger partial charge is 0.454 e. The van der Waals surface area contributed by atoms with E-state index in [1.54, 1.807) is 0 Å². The van der Waals surface area contributed by atoms with Crippen molar-refractivity contribution in [2.45, 2.75) is 44.6 Å². The minimum atomic E-state index is -0.470. The fraction of sp³-hybridized carbons (Fsp3) is 0.435. The van der Waals surface area contributed by atoms with Gasteiger partial charge in [0.15, 0.2) is 11.5 Å². The van der Waals surface area contributed by atoms with E-state index in [1.807, 2.05) is 24.3 Å². The van der Waals surface area contributed by atoms with E-state index >= 15 is 0 Å².